The largest absolute Gasteiger partial charge is 0.497 e. The van der Waals surface area contributed by atoms with Gasteiger partial charge in [-0.3, -0.25) is 0 Å². The zero-order chi connectivity index (χ0) is 13.7. The normalized spacial score (nSPS) is 18.1. The Labute approximate surface area is 114 Å². The van der Waals surface area contributed by atoms with E-state index in [0.29, 0.717) is 5.92 Å². The van der Waals surface area contributed by atoms with E-state index in [-0.39, 0.29) is 6.04 Å². The van der Waals surface area contributed by atoms with Crippen molar-refractivity contribution in [1.29, 1.82) is 0 Å². The minimum atomic E-state index is 0.0205. The minimum Gasteiger partial charge on any atom is -0.497 e. The molecule has 1 aromatic carbocycles. The summed E-state index contributed by atoms with van der Waals surface area (Å²) < 4.78 is 15.9. The number of nitrogens with two attached hydrogens (primary N) is 1. The van der Waals surface area contributed by atoms with Gasteiger partial charge in [0.25, 0.3) is 0 Å². The molecule has 1 fully saturated rings. The smallest absolute Gasteiger partial charge is 0.122 e. The molecule has 106 valence electrons. The molecule has 0 radical (unpaired) electrons. The second-order valence-electron chi connectivity index (χ2n) is 5.04. The molecule has 1 saturated heterocycles. The number of hydrogen-bond acceptors (Lipinski definition) is 4. The Balaban J connectivity index is 2.06. The lowest BCUT2D eigenvalue weighted by molar-refractivity contribution is 0.0618. The highest BCUT2D eigenvalue weighted by Gasteiger charge is 2.19. The zero-order valence-corrected chi connectivity index (χ0v) is 11.7. The van der Waals surface area contributed by atoms with Crippen LogP contribution >= 0.6 is 0 Å². The third-order valence-corrected chi connectivity index (χ3v) is 3.73. The highest BCUT2D eigenvalue weighted by molar-refractivity contribution is 5.39. The lowest BCUT2D eigenvalue weighted by Crippen LogP contribution is -2.21. The molecule has 2 rings (SSSR count). The number of rotatable bonds is 5. The van der Waals surface area contributed by atoms with E-state index < -0.39 is 0 Å². The van der Waals surface area contributed by atoms with E-state index in [0.717, 1.165) is 49.5 Å². The lowest BCUT2D eigenvalue weighted by atomic mass is 9.90. The first-order chi connectivity index (χ1) is 9.22. The van der Waals surface area contributed by atoms with Crippen LogP contribution in [0.2, 0.25) is 0 Å². The van der Waals surface area contributed by atoms with Crippen LogP contribution in [0.3, 0.4) is 0 Å². The van der Waals surface area contributed by atoms with E-state index in [1.165, 1.54) is 0 Å². The van der Waals surface area contributed by atoms with Gasteiger partial charge in [-0.05, 0) is 42.9 Å². The molecule has 1 aliphatic heterocycles. The quantitative estimate of drug-likeness (QED) is 0.889. The molecule has 0 bridgehead atoms. The summed E-state index contributed by atoms with van der Waals surface area (Å²) in [4.78, 5) is 0. The van der Waals surface area contributed by atoms with Crippen LogP contribution < -0.4 is 15.2 Å². The molecule has 0 spiro atoms. The van der Waals surface area contributed by atoms with E-state index in [4.69, 9.17) is 19.9 Å². The predicted molar refractivity (Wildman–Crippen MR) is 74.6 cm³/mol. The van der Waals surface area contributed by atoms with Crippen molar-refractivity contribution in [3.63, 3.8) is 0 Å². The van der Waals surface area contributed by atoms with Crippen LogP contribution in [0, 0.1) is 5.92 Å². The summed E-state index contributed by atoms with van der Waals surface area (Å²) in [6.45, 7) is 1.72. The van der Waals surface area contributed by atoms with Crippen molar-refractivity contribution in [3.05, 3.63) is 23.8 Å². The van der Waals surface area contributed by atoms with Crippen LogP contribution in [-0.4, -0.2) is 27.4 Å². The van der Waals surface area contributed by atoms with Gasteiger partial charge in [0.05, 0.1) is 14.2 Å². The summed E-state index contributed by atoms with van der Waals surface area (Å²) >= 11 is 0. The summed E-state index contributed by atoms with van der Waals surface area (Å²) in [5.74, 6) is 2.23. The van der Waals surface area contributed by atoms with Gasteiger partial charge < -0.3 is 19.9 Å². The predicted octanol–water partition coefficient (Wildman–Crippen LogP) is 2.52. The Morgan fingerprint density at radius 1 is 1.16 bits per heavy atom. The van der Waals surface area contributed by atoms with Crippen molar-refractivity contribution >= 4 is 0 Å². The summed E-state index contributed by atoms with van der Waals surface area (Å²) in [6, 6.07) is 5.87. The highest BCUT2D eigenvalue weighted by Crippen LogP contribution is 2.30. The average molecular weight is 265 g/mol. The monoisotopic (exact) mass is 265 g/mol. The molecule has 0 amide bonds. The van der Waals surface area contributed by atoms with Crippen LogP contribution in [-0.2, 0) is 4.74 Å². The van der Waals surface area contributed by atoms with Crippen molar-refractivity contribution in [2.75, 3.05) is 27.4 Å². The van der Waals surface area contributed by atoms with Crippen LogP contribution in [0.25, 0.3) is 0 Å². The molecule has 1 unspecified atom stereocenters. The van der Waals surface area contributed by atoms with E-state index in [9.17, 15) is 0 Å². The zero-order valence-electron chi connectivity index (χ0n) is 11.7. The fourth-order valence-corrected chi connectivity index (χ4v) is 2.52. The van der Waals surface area contributed by atoms with Gasteiger partial charge >= 0.3 is 0 Å². The minimum absolute atomic E-state index is 0.0205. The third-order valence-electron chi connectivity index (χ3n) is 3.73. The SMILES string of the molecule is COc1cc(OC)cc(C(N)CC2CCOCC2)c1. The molecule has 1 aromatic rings. The molecular weight excluding hydrogens is 242 g/mol. The molecule has 4 heteroatoms. The van der Waals surface area contributed by atoms with Gasteiger partial charge in [-0.15, -0.1) is 0 Å². The first-order valence-electron chi connectivity index (χ1n) is 6.79. The molecule has 1 atom stereocenters. The topological polar surface area (TPSA) is 53.7 Å². The molecule has 0 aromatic heterocycles. The van der Waals surface area contributed by atoms with Crippen molar-refractivity contribution < 1.29 is 14.2 Å². The van der Waals surface area contributed by atoms with Gasteiger partial charge in [-0.2, -0.15) is 0 Å². The Bertz CT molecular complexity index is 380. The van der Waals surface area contributed by atoms with Crippen LogP contribution in [0.1, 0.15) is 30.9 Å². The number of hydrogen-bond donors (Lipinski definition) is 1. The highest BCUT2D eigenvalue weighted by atomic mass is 16.5. The van der Waals surface area contributed by atoms with Crippen molar-refractivity contribution in [3.8, 4) is 11.5 Å². The molecule has 2 N–H and O–H groups in total. The summed E-state index contributed by atoms with van der Waals surface area (Å²) in [5.41, 5.74) is 7.39. The molecular formula is C15H23NO3. The maximum Gasteiger partial charge on any atom is 0.122 e. The van der Waals surface area contributed by atoms with E-state index in [1.807, 2.05) is 18.2 Å². The molecule has 0 saturated carbocycles. The molecule has 1 aliphatic rings. The number of methoxy groups -OCH3 is 2. The number of ether oxygens (including phenoxy) is 3. The Hall–Kier alpha value is -1.26. The van der Waals surface area contributed by atoms with Crippen LogP contribution in [0.5, 0.6) is 11.5 Å². The fourth-order valence-electron chi connectivity index (χ4n) is 2.52. The van der Waals surface area contributed by atoms with Crippen molar-refractivity contribution in [1.82, 2.24) is 0 Å². The van der Waals surface area contributed by atoms with E-state index in [2.05, 4.69) is 0 Å². The fraction of sp³-hybridized carbons (Fsp3) is 0.600. The second-order valence-corrected chi connectivity index (χ2v) is 5.04. The van der Waals surface area contributed by atoms with E-state index in [1.54, 1.807) is 14.2 Å². The van der Waals surface area contributed by atoms with Crippen molar-refractivity contribution in [2.24, 2.45) is 11.7 Å². The summed E-state index contributed by atoms with van der Waals surface area (Å²) in [5, 5.41) is 0. The van der Waals surface area contributed by atoms with Gasteiger partial charge in [0.1, 0.15) is 11.5 Å². The van der Waals surface area contributed by atoms with E-state index >= 15 is 0 Å². The maximum atomic E-state index is 6.32. The van der Waals surface area contributed by atoms with Gasteiger partial charge in [0.2, 0.25) is 0 Å². The number of benzene rings is 1. The Morgan fingerprint density at radius 2 is 1.74 bits per heavy atom. The third kappa shape index (κ3) is 3.85. The molecule has 4 nitrogen and oxygen atoms in total. The summed E-state index contributed by atoms with van der Waals surface area (Å²) in [7, 11) is 3.31. The maximum absolute atomic E-state index is 6.32. The Kier molecular flexibility index (Phi) is 5.05. The van der Waals surface area contributed by atoms with Gasteiger partial charge in [-0.1, -0.05) is 0 Å². The second kappa shape index (κ2) is 6.78. The molecule has 1 heterocycles. The van der Waals surface area contributed by atoms with Gasteiger partial charge in [-0.25, -0.2) is 0 Å². The van der Waals surface area contributed by atoms with Gasteiger partial charge in [0, 0.05) is 25.3 Å². The Morgan fingerprint density at radius 3 is 2.26 bits per heavy atom. The van der Waals surface area contributed by atoms with Crippen LogP contribution in [0.4, 0.5) is 0 Å². The molecule has 19 heavy (non-hydrogen) atoms. The van der Waals surface area contributed by atoms with Crippen molar-refractivity contribution in [2.45, 2.75) is 25.3 Å². The first-order valence-corrected chi connectivity index (χ1v) is 6.79. The standard InChI is InChI=1S/C15H23NO3/c1-17-13-8-12(9-14(10-13)18-2)15(16)7-11-3-5-19-6-4-11/h8-11,15H,3-7,16H2,1-2H3. The van der Waals surface area contributed by atoms with Gasteiger partial charge in [0.15, 0.2) is 0 Å². The summed E-state index contributed by atoms with van der Waals surface area (Å²) in [6.07, 6.45) is 3.20. The van der Waals surface area contributed by atoms with Crippen LogP contribution in [0.15, 0.2) is 18.2 Å². The molecule has 0 aliphatic carbocycles. The first kappa shape index (κ1) is 14.2. The lowest BCUT2D eigenvalue weighted by Gasteiger charge is -2.25. The average Bonchev–Trinajstić information content (AvgIpc) is 2.47.